The topological polar surface area (TPSA) is 312 Å². The van der Waals surface area contributed by atoms with Crippen LogP contribution in [0.25, 0.3) is 132 Å². The van der Waals surface area contributed by atoms with Crippen LogP contribution in [0, 0.1) is 61.3 Å². The highest BCUT2D eigenvalue weighted by Gasteiger charge is 2.31. The van der Waals surface area contributed by atoms with Gasteiger partial charge in [-0.05, 0) is 364 Å². The fourth-order valence-electron chi connectivity index (χ4n) is 18.9. The number of benzene rings is 5. The second-order valence-corrected chi connectivity index (χ2v) is 43.9. The fourth-order valence-corrected chi connectivity index (χ4v) is 24.6. The van der Waals surface area contributed by atoms with Gasteiger partial charge in [0.1, 0.15) is 57.6 Å². The maximum Gasteiger partial charge on any atom is 0.154 e. The molecule has 4 saturated carbocycles. The number of anilines is 5. The normalized spacial score (nSPS) is 19.3. The van der Waals surface area contributed by atoms with Gasteiger partial charge in [0.05, 0.1) is 79.3 Å². The van der Waals surface area contributed by atoms with E-state index in [0.29, 0.717) is 24.2 Å². The summed E-state index contributed by atoms with van der Waals surface area (Å²) in [7, 11) is 0. The summed E-state index contributed by atoms with van der Waals surface area (Å²) in [5, 5.41) is 96.2. The summed E-state index contributed by atoms with van der Waals surface area (Å²) in [4.78, 5) is 28.5. The number of rotatable bonds is 18. The number of imidazole rings is 5. The molecule has 25 nitrogen and oxygen atoms in total. The third kappa shape index (κ3) is 20.9. The van der Waals surface area contributed by atoms with Crippen LogP contribution in [0.3, 0.4) is 0 Å². The lowest BCUT2D eigenvalue weighted by Crippen LogP contribution is -2.36. The molecule has 1 unspecified atom stereocenters. The minimum absolute atomic E-state index is 0.143. The van der Waals surface area contributed by atoms with Gasteiger partial charge in [-0.1, -0.05) is 55.5 Å². The van der Waals surface area contributed by atoms with Crippen molar-refractivity contribution in [2.24, 2.45) is 5.92 Å². The third-order valence-corrected chi connectivity index (χ3v) is 33.5. The summed E-state index contributed by atoms with van der Waals surface area (Å²) in [6.45, 7) is 22.2. The van der Waals surface area contributed by atoms with Crippen molar-refractivity contribution >= 4 is 164 Å². The van der Waals surface area contributed by atoms with Gasteiger partial charge in [-0.2, -0.15) is 0 Å². The Hall–Kier alpha value is -12.2. The van der Waals surface area contributed by atoms with Crippen LogP contribution in [0.15, 0.2) is 195 Å². The predicted octanol–water partition coefficient (Wildman–Crippen LogP) is 24.2. The Morgan fingerprint density at radius 3 is 1.01 bits per heavy atom. The molecule has 4 aliphatic rings. The maximum absolute atomic E-state index is 10.2. The first kappa shape index (κ1) is 93.4. The molecule has 0 saturated heterocycles. The molecule has 4 fully saturated rings. The molecule has 0 aliphatic heterocycles. The number of aliphatic hydroxyl groups excluding tert-OH is 4. The zero-order chi connectivity index (χ0) is 95.1. The highest BCUT2D eigenvalue weighted by atomic mass is 32.1. The molecule has 0 radical (unpaired) electrons. The van der Waals surface area contributed by atoms with Gasteiger partial charge in [-0.3, -0.25) is 0 Å². The second-order valence-electron chi connectivity index (χ2n) is 38.5. The Bertz CT molecular complexity index is 7650. The quantitative estimate of drug-likeness (QED) is 0.0382. The number of nitrogens with one attached hydrogen (secondary N) is 5. The average molecular weight is 1940 g/mol. The minimum Gasteiger partial charge on any atom is -0.396 e. The average Bonchev–Trinajstić information content (AvgIpc) is 1.65. The Labute approximate surface area is 821 Å². The zero-order valence-electron chi connectivity index (χ0n) is 79.5. The van der Waals surface area contributed by atoms with Crippen molar-refractivity contribution in [3.63, 3.8) is 0 Å². The predicted molar refractivity (Wildman–Crippen MR) is 568 cm³/mol. The first-order valence-electron chi connectivity index (χ1n) is 48.3. The molecule has 4 aliphatic carbocycles. The van der Waals surface area contributed by atoms with Crippen molar-refractivity contribution in [2.45, 2.75) is 226 Å². The van der Waals surface area contributed by atoms with Crippen LogP contribution in [0.5, 0.6) is 0 Å². The van der Waals surface area contributed by atoms with E-state index >= 15 is 0 Å². The molecule has 5 aromatic carbocycles. The largest absolute Gasteiger partial charge is 0.396 e. The number of aryl methyl sites for hydroxylation is 8. The molecule has 1 atom stereocenters. The van der Waals surface area contributed by atoms with Crippen LogP contribution in [-0.2, 0) is 0 Å². The number of aromatic nitrogens is 15. The van der Waals surface area contributed by atoms with E-state index in [9.17, 15) is 20.4 Å². The van der Waals surface area contributed by atoms with E-state index in [4.69, 9.17) is 30.6 Å². The summed E-state index contributed by atoms with van der Waals surface area (Å²) in [6.07, 6.45) is 24.6. The second kappa shape index (κ2) is 40.3. The van der Waals surface area contributed by atoms with Crippen LogP contribution in [0.2, 0.25) is 0 Å². The zero-order valence-corrected chi connectivity index (χ0v) is 83.6. The highest BCUT2D eigenvalue weighted by Crippen LogP contribution is 2.43. The summed E-state index contributed by atoms with van der Waals surface area (Å²) in [6, 6.07) is 59.0. The molecule has 15 aromatic heterocycles. The van der Waals surface area contributed by atoms with Gasteiger partial charge in [0.25, 0.3) is 0 Å². The molecule has 20 aromatic rings. The third-order valence-electron chi connectivity index (χ3n) is 27.7. The monoisotopic (exact) mass is 1930 g/mol. The molecule has 24 rings (SSSR count). The lowest BCUT2D eigenvalue weighted by molar-refractivity contribution is 0.0196. The van der Waals surface area contributed by atoms with Crippen molar-refractivity contribution in [1.82, 2.24) is 73.0 Å². The Balaban J connectivity index is 0.000000106. The standard InChI is InChI=1S/C23H26N4OS.C22H24N4OS.2C21H22N4OS.C21H24N4OS/c1-14-10-16-12-20(29-19(16)11-15(14)2)18-13-24-22-5-4-21(26-27(18)22)25-17-6-8-23(3,28)9-7-17;1-13-9-15-11-20(28-19(15)10-14(13)2)18-12-23-22-8-7-21(25-26(18)22)24-16-3-5-17(27)6-4-16;1-13-2-3-14-11-19(27-18(14)10-13)17-12-22-21-9-8-20(24-25(17)21)23-15-4-6-16(26)7-5-15;1-13-3-2-4-14-11-18(27-21(13)14)17-12-22-20-10-9-19(24-25(17)20)23-15-5-7-16(26)8-6-15;1-13(12-26)6-7-22-20-4-5-21-23-11-17(25(21)24-20)19-10-16-8-14(2)15(3)9-18(16)27-19/h4-5,10-13,17,28H,6-9H2,1-3H3,(H,25,26);7-12,16-17,27H,3-6H2,1-2H3,(H,24,25);2-3,8-12,15-16,26H,4-7H2,1H3,(H,23,24);2-4,9-12,15-16,26H,5-8H2,1H3,(H,23,24);4-5,8-11,13,26H,6-7,12H2,1-3H3,(H,22,24). The van der Waals surface area contributed by atoms with E-state index in [1.165, 1.54) is 119 Å². The van der Waals surface area contributed by atoms with Crippen LogP contribution >= 0.6 is 56.7 Å². The number of hydrogen-bond donors (Lipinski definition) is 10. The minimum atomic E-state index is -0.523. The van der Waals surface area contributed by atoms with E-state index in [1.807, 2.05) is 128 Å². The summed E-state index contributed by atoms with van der Waals surface area (Å²) < 4.78 is 16.1. The molecule has 0 spiro atoms. The molecule has 0 amide bonds. The molecule has 710 valence electrons. The van der Waals surface area contributed by atoms with Gasteiger partial charge in [0, 0.05) is 60.8 Å². The molecule has 138 heavy (non-hydrogen) atoms. The van der Waals surface area contributed by atoms with E-state index in [1.54, 1.807) is 56.7 Å². The molecule has 0 bridgehead atoms. The van der Waals surface area contributed by atoms with Gasteiger partial charge in [-0.15, -0.1) is 82.2 Å². The number of thiophene rings is 5. The van der Waals surface area contributed by atoms with E-state index < -0.39 is 5.60 Å². The van der Waals surface area contributed by atoms with Crippen LogP contribution < -0.4 is 26.6 Å². The molecule has 15 heterocycles. The number of aliphatic hydroxyl groups is 5. The van der Waals surface area contributed by atoms with Gasteiger partial charge < -0.3 is 52.1 Å². The van der Waals surface area contributed by atoms with E-state index in [-0.39, 0.29) is 30.8 Å². The summed E-state index contributed by atoms with van der Waals surface area (Å²) >= 11 is 8.91. The van der Waals surface area contributed by atoms with Gasteiger partial charge in [-0.25, -0.2) is 47.5 Å². The number of nitrogens with zero attached hydrogens (tertiary/aromatic N) is 15. The molecular weight excluding hydrogens is 1820 g/mol. The van der Waals surface area contributed by atoms with Crippen molar-refractivity contribution in [2.75, 3.05) is 39.7 Å². The van der Waals surface area contributed by atoms with E-state index in [2.05, 4.69) is 210 Å². The van der Waals surface area contributed by atoms with Gasteiger partial charge in [0.15, 0.2) is 28.2 Å². The van der Waals surface area contributed by atoms with Crippen molar-refractivity contribution in [1.29, 1.82) is 0 Å². The van der Waals surface area contributed by atoms with Crippen molar-refractivity contribution in [3.8, 4) is 52.9 Å². The molecule has 10 N–H and O–H groups in total. The number of hydrogen-bond acceptors (Lipinski definition) is 25. The van der Waals surface area contributed by atoms with Gasteiger partial charge in [0.2, 0.25) is 0 Å². The Morgan fingerprint density at radius 1 is 0.341 bits per heavy atom. The molecule has 30 heteroatoms. The summed E-state index contributed by atoms with van der Waals surface area (Å²) in [5.74, 6) is 4.55. The smallest absolute Gasteiger partial charge is 0.154 e. The van der Waals surface area contributed by atoms with Gasteiger partial charge >= 0.3 is 0 Å². The first-order chi connectivity index (χ1) is 66.8. The van der Waals surface area contributed by atoms with Crippen molar-refractivity contribution < 1.29 is 25.5 Å². The maximum atomic E-state index is 10.2. The summed E-state index contributed by atoms with van der Waals surface area (Å²) in [5.41, 5.74) is 19.3. The van der Waals surface area contributed by atoms with E-state index in [0.717, 1.165) is 201 Å². The Kier molecular flexibility index (Phi) is 27.3. The first-order valence-corrected chi connectivity index (χ1v) is 52.4. The van der Waals surface area contributed by atoms with Crippen LogP contribution in [0.1, 0.15) is 168 Å². The van der Waals surface area contributed by atoms with Crippen molar-refractivity contribution in [3.05, 3.63) is 239 Å². The van der Waals surface area contributed by atoms with Crippen LogP contribution in [0.4, 0.5) is 29.1 Å². The number of fused-ring (bicyclic) bond motifs is 10. The fraction of sp³-hybridized carbons (Fsp3) is 0.352. The Morgan fingerprint density at radius 2 is 0.652 bits per heavy atom. The lowest BCUT2D eigenvalue weighted by atomic mass is 9.84. The molecular formula is C108H118N20O5S5. The highest BCUT2D eigenvalue weighted by molar-refractivity contribution is 7.23. The van der Waals surface area contributed by atoms with Crippen LogP contribution in [-0.4, -0.2) is 160 Å². The SMILES string of the molecule is Cc1cc2cc(-c3cnc4ccc(NC5CCC(C)(O)CC5)nn34)sc2cc1C.Cc1cc2cc(-c3cnc4ccc(NC5CCC(O)CC5)nn34)sc2cc1C.Cc1cc2cc(-c3cnc4ccc(NCCC(C)CO)nn34)sc2cc1C.Cc1ccc2cc(-c3cnc4ccc(NC5CCC(O)CC5)nn34)sc2c1.Cc1cccc2cc(-c3cnc4ccc(NC5CCC(O)CC5)nn34)sc12. The lowest BCUT2D eigenvalue weighted by Gasteiger charge is -2.33.